The lowest BCUT2D eigenvalue weighted by molar-refractivity contribution is -0.116. The highest BCUT2D eigenvalue weighted by molar-refractivity contribution is 7.99. The third kappa shape index (κ3) is 3.22. The molecule has 4 rings (SSSR count). The number of hydrogen-bond donors (Lipinski definition) is 0. The highest BCUT2D eigenvalue weighted by atomic mass is 35.5. The lowest BCUT2D eigenvalue weighted by Crippen LogP contribution is -2.36. The van der Waals surface area contributed by atoms with Crippen molar-refractivity contribution in [3.8, 4) is 11.5 Å². The molecule has 0 saturated heterocycles. The number of para-hydroxylation sites is 1. The monoisotopic (exact) mass is 385 g/mol. The molecule has 3 aromatic rings. The van der Waals surface area contributed by atoms with E-state index in [0.717, 1.165) is 12.1 Å². The van der Waals surface area contributed by atoms with Crippen LogP contribution in [0, 0.1) is 0 Å². The van der Waals surface area contributed by atoms with Gasteiger partial charge in [0.1, 0.15) is 0 Å². The summed E-state index contributed by atoms with van der Waals surface area (Å²) in [7, 11) is 0. The molecule has 26 heavy (non-hydrogen) atoms. The molecule has 0 saturated carbocycles. The van der Waals surface area contributed by atoms with Gasteiger partial charge in [-0.25, -0.2) is 0 Å². The first kappa shape index (κ1) is 17.1. The number of carbonyl (C=O) groups excluding carboxylic acids is 1. The lowest BCUT2D eigenvalue weighted by Gasteiger charge is -2.22. The fourth-order valence-corrected chi connectivity index (χ4v) is 3.99. The number of nitrogens with zero attached hydrogens (tertiary/aromatic N) is 3. The van der Waals surface area contributed by atoms with Gasteiger partial charge in [0.15, 0.2) is 0 Å². The van der Waals surface area contributed by atoms with E-state index >= 15 is 0 Å². The molecule has 0 spiro atoms. The van der Waals surface area contributed by atoms with Crippen LogP contribution in [0.15, 0.2) is 58.2 Å². The molecule has 1 unspecified atom stereocenters. The molecule has 0 bridgehead atoms. The molecular formula is C19H16ClN3O2S. The van der Waals surface area contributed by atoms with Crippen molar-refractivity contribution < 1.29 is 9.21 Å². The summed E-state index contributed by atoms with van der Waals surface area (Å²) in [5.74, 6) is 0.624. The number of anilines is 1. The molecule has 0 fully saturated rings. The minimum Gasteiger partial charge on any atom is -0.411 e. The minimum atomic E-state index is 0.0324. The molecule has 1 amide bonds. The molecule has 1 aromatic heterocycles. The number of hydrogen-bond acceptors (Lipinski definition) is 5. The summed E-state index contributed by atoms with van der Waals surface area (Å²) in [5, 5.41) is 8.94. The number of rotatable bonds is 4. The zero-order valence-electron chi connectivity index (χ0n) is 14.1. The van der Waals surface area contributed by atoms with Gasteiger partial charge >= 0.3 is 0 Å². The van der Waals surface area contributed by atoms with Crippen LogP contribution in [0.4, 0.5) is 5.69 Å². The summed E-state index contributed by atoms with van der Waals surface area (Å²) in [6.45, 7) is 2.06. The molecule has 0 radical (unpaired) electrons. The SMILES string of the molecule is CC1Cc2ccccc2N1C(=O)CSc1nnc(-c2ccccc2Cl)o1. The van der Waals surface area contributed by atoms with E-state index in [9.17, 15) is 4.79 Å². The van der Waals surface area contributed by atoms with Gasteiger partial charge in [0.05, 0.1) is 16.3 Å². The van der Waals surface area contributed by atoms with Crippen LogP contribution < -0.4 is 4.90 Å². The van der Waals surface area contributed by atoms with Crippen molar-refractivity contribution in [2.45, 2.75) is 24.6 Å². The van der Waals surface area contributed by atoms with Crippen LogP contribution in [-0.4, -0.2) is 27.9 Å². The van der Waals surface area contributed by atoms with Gasteiger partial charge < -0.3 is 9.32 Å². The van der Waals surface area contributed by atoms with Gasteiger partial charge in [-0.3, -0.25) is 4.79 Å². The second kappa shape index (κ2) is 7.13. The molecule has 0 aliphatic carbocycles. The number of halogens is 1. The van der Waals surface area contributed by atoms with Crippen LogP contribution >= 0.6 is 23.4 Å². The number of carbonyl (C=O) groups is 1. The van der Waals surface area contributed by atoms with Crippen molar-refractivity contribution >= 4 is 35.0 Å². The van der Waals surface area contributed by atoms with Gasteiger partial charge in [-0.05, 0) is 37.1 Å². The summed E-state index contributed by atoms with van der Waals surface area (Å²) in [6, 6.07) is 15.5. The maximum atomic E-state index is 12.7. The molecule has 1 atom stereocenters. The maximum Gasteiger partial charge on any atom is 0.277 e. The number of aromatic nitrogens is 2. The Labute approximate surface area is 160 Å². The molecule has 1 aliphatic heterocycles. The maximum absolute atomic E-state index is 12.7. The highest BCUT2D eigenvalue weighted by Crippen LogP contribution is 2.33. The quantitative estimate of drug-likeness (QED) is 0.620. The molecule has 7 heteroatoms. The topological polar surface area (TPSA) is 59.2 Å². The van der Waals surface area contributed by atoms with Gasteiger partial charge in [-0.15, -0.1) is 10.2 Å². The van der Waals surface area contributed by atoms with E-state index in [-0.39, 0.29) is 17.7 Å². The van der Waals surface area contributed by atoms with E-state index in [0.29, 0.717) is 21.7 Å². The van der Waals surface area contributed by atoms with E-state index in [1.807, 2.05) is 41.3 Å². The predicted octanol–water partition coefficient (Wildman–Crippen LogP) is 4.46. The van der Waals surface area contributed by atoms with Crippen molar-refractivity contribution in [2.75, 3.05) is 10.7 Å². The predicted molar refractivity (Wildman–Crippen MR) is 103 cm³/mol. The van der Waals surface area contributed by atoms with Crippen LogP contribution in [0.25, 0.3) is 11.5 Å². The van der Waals surface area contributed by atoms with Crippen molar-refractivity contribution in [3.05, 3.63) is 59.1 Å². The second-order valence-corrected chi connectivity index (χ2v) is 7.42. The van der Waals surface area contributed by atoms with Crippen molar-refractivity contribution in [3.63, 3.8) is 0 Å². The first-order valence-electron chi connectivity index (χ1n) is 8.24. The largest absolute Gasteiger partial charge is 0.411 e. The first-order valence-corrected chi connectivity index (χ1v) is 9.61. The average molecular weight is 386 g/mol. The van der Waals surface area contributed by atoms with Crippen molar-refractivity contribution in [2.24, 2.45) is 0 Å². The summed E-state index contributed by atoms with van der Waals surface area (Å²) in [4.78, 5) is 14.6. The number of thioether (sulfide) groups is 1. The van der Waals surface area contributed by atoms with Gasteiger partial charge in [-0.2, -0.15) is 0 Å². The third-order valence-electron chi connectivity index (χ3n) is 4.31. The molecular weight excluding hydrogens is 370 g/mol. The fraction of sp³-hybridized carbons (Fsp3) is 0.211. The zero-order valence-corrected chi connectivity index (χ0v) is 15.6. The first-order chi connectivity index (χ1) is 12.6. The normalized spacial score (nSPS) is 15.9. The van der Waals surface area contributed by atoms with Crippen LogP contribution in [0.5, 0.6) is 0 Å². The number of fused-ring (bicyclic) bond motifs is 1. The Morgan fingerprint density at radius 3 is 2.85 bits per heavy atom. The van der Waals surface area contributed by atoms with Crippen molar-refractivity contribution in [1.82, 2.24) is 10.2 Å². The Hall–Kier alpha value is -2.31. The average Bonchev–Trinajstić information content (AvgIpc) is 3.23. The van der Waals surface area contributed by atoms with E-state index in [1.54, 1.807) is 6.07 Å². The van der Waals surface area contributed by atoms with Gasteiger partial charge in [0, 0.05) is 11.7 Å². The molecule has 0 N–H and O–H groups in total. The van der Waals surface area contributed by atoms with Gasteiger partial charge in [0.2, 0.25) is 11.8 Å². The van der Waals surface area contributed by atoms with Crippen molar-refractivity contribution in [1.29, 1.82) is 0 Å². The fourth-order valence-electron chi connectivity index (χ4n) is 3.15. The minimum absolute atomic E-state index is 0.0324. The second-order valence-electron chi connectivity index (χ2n) is 6.09. The number of amides is 1. The van der Waals surface area contributed by atoms with Crippen LogP contribution in [-0.2, 0) is 11.2 Å². The Balaban J connectivity index is 1.45. The van der Waals surface area contributed by atoms with E-state index in [1.165, 1.54) is 17.3 Å². The Kier molecular flexibility index (Phi) is 4.70. The smallest absolute Gasteiger partial charge is 0.277 e. The Bertz CT molecular complexity index is 959. The molecule has 1 aliphatic rings. The molecule has 5 nitrogen and oxygen atoms in total. The van der Waals surface area contributed by atoms with E-state index in [4.69, 9.17) is 16.0 Å². The van der Waals surface area contributed by atoms with E-state index < -0.39 is 0 Å². The zero-order chi connectivity index (χ0) is 18.1. The van der Waals surface area contributed by atoms with Gasteiger partial charge in [-0.1, -0.05) is 53.7 Å². The van der Waals surface area contributed by atoms with Crippen LogP contribution in [0.1, 0.15) is 12.5 Å². The summed E-state index contributed by atoms with van der Waals surface area (Å²) >= 11 is 7.39. The van der Waals surface area contributed by atoms with Crippen LogP contribution in [0.2, 0.25) is 5.02 Å². The molecule has 2 aromatic carbocycles. The lowest BCUT2D eigenvalue weighted by atomic mass is 10.1. The summed E-state index contributed by atoms with van der Waals surface area (Å²) in [6.07, 6.45) is 0.879. The molecule has 132 valence electrons. The Morgan fingerprint density at radius 1 is 1.23 bits per heavy atom. The number of benzene rings is 2. The van der Waals surface area contributed by atoms with E-state index in [2.05, 4.69) is 23.2 Å². The standard InChI is InChI=1S/C19H16ClN3O2S/c1-12-10-13-6-2-5-9-16(13)23(12)17(24)11-26-19-22-21-18(25-19)14-7-3-4-8-15(14)20/h2-9,12H,10-11H2,1H3. The molecule has 2 heterocycles. The Morgan fingerprint density at radius 2 is 2.00 bits per heavy atom. The summed E-state index contributed by atoms with van der Waals surface area (Å²) < 4.78 is 5.65. The summed E-state index contributed by atoms with van der Waals surface area (Å²) in [5.41, 5.74) is 2.88. The third-order valence-corrected chi connectivity index (χ3v) is 5.44. The van der Waals surface area contributed by atoms with Crippen LogP contribution in [0.3, 0.4) is 0 Å². The highest BCUT2D eigenvalue weighted by Gasteiger charge is 2.30. The van der Waals surface area contributed by atoms with Gasteiger partial charge in [0.25, 0.3) is 5.22 Å².